The van der Waals surface area contributed by atoms with Gasteiger partial charge in [0.1, 0.15) is 17.0 Å². The van der Waals surface area contributed by atoms with Crippen molar-refractivity contribution in [2.75, 3.05) is 18.5 Å². The first-order chi connectivity index (χ1) is 14.3. The van der Waals surface area contributed by atoms with Gasteiger partial charge in [-0.05, 0) is 25.8 Å². The topological polar surface area (TPSA) is 118 Å². The molecule has 0 spiro atoms. The highest BCUT2D eigenvalue weighted by atomic mass is 32.1. The number of anilines is 1. The average Bonchev–Trinajstić information content (AvgIpc) is 3.21. The maximum atomic E-state index is 13.1. The fraction of sp³-hybridized carbons (Fsp3) is 0.350. The number of rotatable bonds is 7. The average molecular weight is 430 g/mol. The number of imide groups is 1. The van der Waals surface area contributed by atoms with Gasteiger partial charge in [0, 0.05) is 0 Å². The molecule has 1 aromatic carbocycles. The molecule has 1 atom stereocenters. The molecule has 30 heavy (non-hydrogen) atoms. The van der Waals surface area contributed by atoms with Gasteiger partial charge >= 0.3 is 12.0 Å². The van der Waals surface area contributed by atoms with E-state index in [0.29, 0.717) is 17.7 Å². The highest BCUT2D eigenvalue weighted by molar-refractivity contribution is 7.17. The van der Waals surface area contributed by atoms with Crippen molar-refractivity contribution in [3.05, 3.63) is 46.5 Å². The lowest BCUT2D eigenvalue weighted by Crippen LogP contribution is -2.44. The zero-order valence-corrected chi connectivity index (χ0v) is 17.7. The van der Waals surface area contributed by atoms with Gasteiger partial charge in [-0.15, -0.1) is 0 Å². The minimum atomic E-state index is -1.20. The van der Waals surface area contributed by atoms with E-state index in [1.165, 1.54) is 0 Å². The molecule has 2 N–H and O–H groups in total. The maximum absolute atomic E-state index is 13.1. The highest BCUT2D eigenvalue weighted by Crippen LogP contribution is 2.32. The number of aryl methyl sites for hydroxylation is 1. The summed E-state index contributed by atoms with van der Waals surface area (Å²) in [5, 5.41) is 5.46. The number of nitrogens with one attached hydrogen (secondary N) is 2. The third kappa shape index (κ3) is 3.90. The summed E-state index contributed by atoms with van der Waals surface area (Å²) in [5.74, 6) is -1.60. The molecule has 1 aliphatic rings. The molecule has 0 saturated carbocycles. The van der Waals surface area contributed by atoms with Crippen molar-refractivity contribution in [3.8, 4) is 0 Å². The number of thiazole rings is 1. The Morgan fingerprint density at radius 2 is 1.93 bits per heavy atom. The highest BCUT2D eigenvalue weighted by Gasteiger charge is 2.51. The Bertz CT molecular complexity index is 990. The van der Waals surface area contributed by atoms with E-state index in [9.17, 15) is 19.2 Å². The summed E-state index contributed by atoms with van der Waals surface area (Å²) in [6.45, 7) is 4.88. The maximum Gasteiger partial charge on any atom is 0.350 e. The molecule has 2 heterocycles. The van der Waals surface area contributed by atoms with Gasteiger partial charge in [0.05, 0.1) is 12.3 Å². The number of urea groups is 1. The van der Waals surface area contributed by atoms with Crippen LogP contribution in [-0.2, 0) is 19.9 Å². The van der Waals surface area contributed by atoms with Crippen LogP contribution in [0, 0.1) is 6.92 Å². The SMILES string of the molecule is CCOC(=O)c1sc(NC(=O)CN2C(=O)NC(CC)(c3ccccc3)C2=O)nc1C. The van der Waals surface area contributed by atoms with E-state index in [1.807, 2.05) is 6.07 Å². The van der Waals surface area contributed by atoms with Crippen molar-refractivity contribution >= 4 is 40.3 Å². The third-order valence-electron chi connectivity index (χ3n) is 4.78. The fourth-order valence-electron chi connectivity index (χ4n) is 3.27. The first kappa shape index (κ1) is 21.4. The molecule has 3 rings (SSSR count). The minimum absolute atomic E-state index is 0.192. The predicted molar refractivity (Wildman–Crippen MR) is 110 cm³/mol. The van der Waals surface area contributed by atoms with Crippen LogP contribution in [0.15, 0.2) is 30.3 Å². The second-order valence-corrected chi connectivity index (χ2v) is 7.65. The molecular weight excluding hydrogens is 408 g/mol. The summed E-state index contributed by atoms with van der Waals surface area (Å²) in [6, 6.07) is 8.28. The molecule has 158 valence electrons. The van der Waals surface area contributed by atoms with Gasteiger partial charge in [0.2, 0.25) is 5.91 Å². The summed E-state index contributed by atoms with van der Waals surface area (Å²) in [4.78, 5) is 55.2. The van der Waals surface area contributed by atoms with E-state index in [4.69, 9.17) is 4.74 Å². The second-order valence-electron chi connectivity index (χ2n) is 6.65. The molecule has 0 radical (unpaired) electrons. The van der Waals surface area contributed by atoms with Crippen LogP contribution < -0.4 is 10.6 Å². The summed E-state index contributed by atoms with van der Waals surface area (Å²) in [7, 11) is 0. The Morgan fingerprint density at radius 1 is 1.23 bits per heavy atom. The molecule has 10 heteroatoms. The summed E-state index contributed by atoms with van der Waals surface area (Å²) in [6.07, 6.45) is 0.342. The minimum Gasteiger partial charge on any atom is -0.462 e. The van der Waals surface area contributed by atoms with Gasteiger partial charge in [0.15, 0.2) is 5.13 Å². The summed E-state index contributed by atoms with van der Waals surface area (Å²) >= 11 is 0.975. The number of amides is 4. The second kappa shape index (κ2) is 8.62. The predicted octanol–water partition coefficient (Wildman–Crippen LogP) is 2.42. The Balaban J connectivity index is 1.73. The summed E-state index contributed by atoms with van der Waals surface area (Å²) in [5.41, 5.74) is -0.116. The van der Waals surface area contributed by atoms with Gasteiger partial charge in [0.25, 0.3) is 5.91 Å². The van der Waals surface area contributed by atoms with Gasteiger partial charge < -0.3 is 15.4 Å². The number of aromatic nitrogens is 1. The molecule has 1 fully saturated rings. The molecule has 4 amide bonds. The van der Waals surface area contributed by atoms with Crippen molar-refractivity contribution in [2.24, 2.45) is 0 Å². The molecule has 1 aliphatic heterocycles. The summed E-state index contributed by atoms with van der Waals surface area (Å²) < 4.78 is 4.95. The van der Waals surface area contributed by atoms with Crippen LogP contribution in [0.5, 0.6) is 0 Å². The van der Waals surface area contributed by atoms with Crippen molar-refractivity contribution < 1.29 is 23.9 Å². The number of nitrogens with zero attached hydrogens (tertiary/aromatic N) is 2. The molecule has 1 aromatic heterocycles. The Kier molecular flexibility index (Phi) is 6.16. The number of hydrogen-bond acceptors (Lipinski definition) is 7. The van der Waals surface area contributed by atoms with Crippen LogP contribution >= 0.6 is 11.3 Å². The van der Waals surface area contributed by atoms with Gasteiger partial charge in [-0.25, -0.2) is 14.6 Å². The van der Waals surface area contributed by atoms with Crippen molar-refractivity contribution in [2.45, 2.75) is 32.7 Å². The lowest BCUT2D eigenvalue weighted by Gasteiger charge is -2.25. The van der Waals surface area contributed by atoms with E-state index in [1.54, 1.807) is 45.0 Å². The largest absolute Gasteiger partial charge is 0.462 e. The first-order valence-electron chi connectivity index (χ1n) is 9.46. The van der Waals surface area contributed by atoms with E-state index in [2.05, 4.69) is 15.6 Å². The lowest BCUT2D eigenvalue weighted by molar-refractivity contribution is -0.134. The van der Waals surface area contributed by atoms with Crippen LogP contribution in [-0.4, -0.2) is 46.9 Å². The van der Waals surface area contributed by atoms with E-state index in [0.717, 1.165) is 16.2 Å². The number of carbonyl (C=O) groups excluding carboxylic acids is 4. The zero-order chi connectivity index (χ0) is 21.9. The van der Waals surface area contributed by atoms with Crippen LogP contribution in [0.2, 0.25) is 0 Å². The van der Waals surface area contributed by atoms with Crippen LogP contribution in [0.3, 0.4) is 0 Å². The van der Waals surface area contributed by atoms with Gasteiger partial charge in [-0.3, -0.25) is 14.5 Å². The normalized spacial score (nSPS) is 18.3. The van der Waals surface area contributed by atoms with Crippen LogP contribution in [0.25, 0.3) is 0 Å². The van der Waals surface area contributed by atoms with Crippen molar-refractivity contribution in [1.82, 2.24) is 15.2 Å². The molecule has 0 bridgehead atoms. The monoisotopic (exact) mass is 430 g/mol. The van der Waals surface area contributed by atoms with Crippen molar-refractivity contribution in [3.63, 3.8) is 0 Å². The standard InChI is InChI=1S/C20H22N4O5S/c1-4-20(13-9-7-6-8-10-13)17(27)24(19(28)23-20)11-14(25)22-18-21-12(3)15(30-18)16(26)29-5-2/h6-10H,4-5,11H2,1-3H3,(H,23,28)(H,21,22,25). The number of benzene rings is 1. The Hall–Kier alpha value is -3.27. The third-order valence-corrected chi connectivity index (χ3v) is 5.83. The van der Waals surface area contributed by atoms with Gasteiger partial charge in [-0.1, -0.05) is 48.6 Å². The van der Waals surface area contributed by atoms with E-state index >= 15 is 0 Å². The molecule has 2 aromatic rings. The van der Waals surface area contributed by atoms with E-state index in [-0.39, 0.29) is 16.6 Å². The Morgan fingerprint density at radius 3 is 2.57 bits per heavy atom. The van der Waals surface area contributed by atoms with E-state index < -0.39 is 35.9 Å². The van der Waals surface area contributed by atoms with Crippen LogP contribution in [0.4, 0.5) is 9.93 Å². The molecular formula is C20H22N4O5S. The number of carbonyl (C=O) groups is 4. The Labute approximate surface area is 177 Å². The lowest BCUT2D eigenvalue weighted by atomic mass is 9.87. The van der Waals surface area contributed by atoms with Crippen LogP contribution in [0.1, 0.15) is 41.2 Å². The first-order valence-corrected chi connectivity index (χ1v) is 10.3. The molecule has 9 nitrogen and oxygen atoms in total. The molecule has 1 saturated heterocycles. The number of ether oxygens (including phenoxy) is 1. The number of hydrogen-bond donors (Lipinski definition) is 2. The fourth-order valence-corrected chi connectivity index (χ4v) is 4.15. The molecule has 1 unspecified atom stereocenters. The van der Waals surface area contributed by atoms with Crippen molar-refractivity contribution in [1.29, 1.82) is 0 Å². The molecule has 0 aliphatic carbocycles. The smallest absolute Gasteiger partial charge is 0.350 e. The zero-order valence-electron chi connectivity index (χ0n) is 16.9. The quantitative estimate of drug-likeness (QED) is 0.515. The van der Waals surface area contributed by atoms with Gasteiger partial charge in [-0.2, -0.15) is 0 Å². The number of esters is 1.